The largest absolute Gasteiger partial charge is 0.423 e. The molecule has 0 unspecified atom stereocenters. The number of carbonyl (C=O) groups is 1. The number of fused-ring (bicyclic) bond motifs is 1. The van der Waals surface area contributed by atoms with Crippen LogP contribution in [0.15, 0.2) is 49.0 Å². The van der Waals surface area contributed by atoms with E-state index in [4.69, 9.17) is 4.74 Å². The van der Waals surface area contributed by atoms with Gasteiger partial charge in [0, 0.05) is 5.56 Å². The molecule has 0 atom stereocenters. The molecule has 3 rings (SSSR count). The Hall–Kier alpha value is -2.35. The van der Waals surface area contributed by atoms with Gasteiger partial charge in [-0.25, -0.2) is 4.79 Å². The van der Waals surface area contributed by atoms with Gasteiger partial charge in [-0.3, -0.25) is 0 Å². The highest BCUT2D eigenvalue weighted by Gasteiger charge is 2.37. The Morgan fingerprint density at radius 2 is 1.56 bits per heavy atom. The van der Waals surface area contributed by atoms with Crippen LogP contribution in [0.1, 0.15) is 80.1 Å². The third-order valence-electron chi connectivity index (χ3n) is 5.98. The Morgan fingerprint density at radius 3 is 2.11 bits per heavy atom. The van der Waals surface area contributed by atoms with Crippen LogP contribution in [0.25, 0.3) is 5.76 Å². The minimum absolute atomic E-state index is 0.107. The van der Waals surface area contributed by atoms with Crippen LogP contribution in [-0.2, 0) is 22.0 Å². The smallest absolute Gasteiger partial charge is 0.343 e. The first-order valence-electron chi connectivity index (χ1n) is 9.80. The highest BCUT2D eigenvalue weighted by molar-refractivity contribution is 5.93. The fraction of sp³-hybridized carbons (Fsp3) is 0.400. The quantitative estimate of drug-likeness (QED) is 0.463. The lowest BCUT2D eigenvalue weighted by Crippen LogP contribution is -2.34. The predicted octanol–water partition coefficient (Wildman–Crippen LogP) is 6.43. The second kappa shape index (κ2) is 6.99. The number of rotatable bonds is 4. The highest BCUT2D eigenvalue weighted by atomic mass is 16.5. The fourth-order valence-corrected chi connectivity index (χ4v) is 4.01. The van der Waals surface area contributed by atoms with Crippen molar-refractivity contribution in [1.29, 1.82) is 0 Å². The van der Waals surface area contributed by atoms with Gasteiger partial charge in [0.1, 0.15) is 5.76 Å². The Bertz CT molecular complexity index is 873. The zero-order valence-electron chi connectivity index (χ0n) is 17.2. The number of ether oxygens (including phenoxy) is 1. The molecule has 2 aromatic carbocycles. The van der Waals surface area contributed by atoms with Crippen molar-refractivity contribution in [2.24, 2.45) is 0 Å². The molecule has 0 radical (unpaired) electrons. The molecule has 27 heavy (non-hydrogen) atoms. The van der Waals surface area contributed by atoms with Crippen molar-refractivity contribution in [3.8, 4) is 0 Å². The average Bonchev–Trinajstić information content (AvgIpc) is 2.65. The Balaban J connectivity index is 2.00. The van der Waals surface area contributed by atoms with Gasteiger partial charge >= 0.3 is 5.97 Å². The van der Waals surface area contributed by atoms with Crippen molar-refractivity contribution in [2.45, 2.75) is 64.7 Å². The second-order valence-corrected chi connectivity index (χ2v) is 8.85. The van der Waals surface area contributed by atoms with Crippen molar-refractivity contribution in [2.75, 3.05) is 0 Å². The predicted molar refractivity (Wildman–Crippen MR) is 112 cm³/mol. The van der Waals surface area contributed by atoms with Crippen LogP contribution in [0, 0.1) is 0 Å². The van der Waals surface area contributed by atoms with E-state index in [-0.39, 0.29) is 16.8 Å². The zero-order valence-corrected chi connectivity index (χ0v) is 17.2. The maximum absolute atomic E-state index is 12.5. The van der Waals surface area contributed by atoms with E-state index in [0.29, 0.717) is 11.3 Å². The van der Waals surface area contributed by atoms with E-state index >= 15 is 0 Å². The molecule has 0 saturated heterocycles. The average molecular weight is 363 g/mol. The van der Waals surface area contributed by atoms with Crippen LogP contribution in [-0.4, -0.2) is 5.97 Å². The van der Waals surface area contributed by atoms with E-state index in [1.807, 2.05) is 18.2 Å². The SMILES string of the molecule is C=C(OC(=O)c1ccccc1)c1cc2c(cc1CC)C(C)(C)CCC2(C)C. The van der Waals surface area contributed by atoms with E-state index in [2.05, 4.69) is 53.3 Å². The number of aryl methyl sites for hydroxylation is 1. The second-order valence-electron chi connectivity index (χ2n) is 8.85. The summed E-state index contributed by atoms with van der Waals surface area (Å²) in [6.07, 6.45) is 3.20. The van der Waals surface area contributed by atoms with Gasteiger partial charge < -0.3 is 4.74 Å². The topological polar surface area (TPSA) is 26.3 Å². The van der Waals surface area contributed by atoms with Crippen molar-refractivity contribution in [3.05, 3.63) is 76.9 Å². The van der Waals surface area contributed by atoms with E-state index in [1.165, 1.54) is 23.1 Å². The van der Waals surface area contributed by atoms with Gasteiger partial charge in [0.05, 0.1) is 5.56 Å². The molecule has 2 aromatic rings. The van der Waals surface area contributed by atoms with Crippen molar-refractivity contribution in [3.63, 3.8) is 0 Å². The van der Waals surface area contributed by atoms with E-state index < -0.39 is 0 Å². The summed E-state index contributed by atoms with van der Waals surface area (Å²) in [6, 6.07) is 13.6. The standard InChI is InChI=1S/C25H30O2/c1-7-18-15-21-22(25(5,6)14-13-24(21,3)4)16-20(18)17(2)27-23(26)19-11-9-8-10-12-19/h8-12,15-16H,2,7,13-14H2,1,3-6H3. The van der Waals surface area contributed by atoms with Gasteiger partial charge in [-0.05, 0) is 65.0 Å². The summed E-state index contributed by atoms with van der Waals surface area (Å²) in [5, 5.41) is 0. The molecule has 0 aliphatic heterocycles. The molecule has 0 saturated carbocycles. The van der Waals surface area contributed by atoms with Gasteiger partial charge in [0.15, 0.2) is 0 Å². The Morgan fingerprint density at radius 1 is 1.00 bits per heavy atom. The number of hydrogen-bond acceptors (Lipinski definition) is 2. The number of benzene rings is 2. The molecule has 2 heteroatoms. The molecule has 0 heterocycles. The zero-order chi connectivity index (χ0) is 19.8. The van der Waals surface area contributed by atoms with E-state index in [9.17, 15) is 4.79 Å². The molecule has 0 amide bonds. The maximum Gasteiger partial charge on any atom is 0.343 e. The molecule has 0 N–H and O–H groups in total. The molecule has 2 nitrogen and oxygen atoms in total. The Kier molecular flexibility index (Phi) is 5.03. The summed E-state index contributed by atoms with van der Waals surface area (Å²) in [4.78, 5) is 12.5. The minimum Gasteiger partial charge on any atom is -0.423 e. The normalized spacial score (nSPS) is 17.1. The lowest BCUT2D eigenvalue weighted by Gasteiger charge is -2.42. The van der Waals surface area contributed by atoms with Crippen molar-refractivity contribution < 1.29 is 9.53 Å². The molecular formula is C25H30O2. The third kappa shape index (κ3) is 3.71. The van der Waals surface area contributed by atoms with Gasteiger partial charge in [-0.2, -0.15) is 0 Å². The summed E-state index contributed by atoms with van der Waals surface area (Å²) in [5.74, 6) is 0.0719. The van der Waals surface area contributed by atoms with Crippen LogP contribution >= 0.6 is 0 Å². The molecule has 1 aliphatic carbocycles. The molecule has 1 aliphatic rings. The van der Waals surface area contributed by atoms with Gasteiger partial charge in [-0.1, -0.05) is 65.5 Å². The van der Waals surface area contributed by atoms with Crippen LogP contribution in [0.2, 0.25) is 0 Å². The summed E-state index contributed by atoms with van der Waals surface area (Å²) < 4.78 is 5.64. The fourth-order valence-electron chi connectivity index (χ4n) is 4.01. The monoisotopic (exact) mass is 362 g/mol. The summed E-state index contributed by atoms with van der Waals surface area (Å²) >= 11 is 0. The lowest BCUT2D eigenvalue weighted by atomic mass is 9.62. The van der Waals surface area contributed by atoms with E-state index in [1.54, 1.807) is 12.1 Å². The first-order chi connectivity index (χ1) is 12.7. The minimum atomic E-state index is -0.361. The van der Waals surface area contributed by atoms with Gasteiger partial charge in [0.25, 0.3) is 0 Å². The molecule has 142 valence electrons. The van der Waals surface area contributed by atoms with Crippen LogP contribution in [0.3, 0.4) is 0 Å². The Labute approximate surface area is 163 Å². The van der Waals surface area contributed by atoms with Gasteiger partial charge in [0.2, 0.25) is 0 Å². The molecular weight excluding hydrogens is 332 g/mol. The van der Waals surface area contributed by atoms with Crippen molar-refractivity contribution >= 4 is 11.7 Å². The van der Waals surface area contributed by atoms with Crippen LogP contribution in [0.5, 0.6) is 0 Å². The third-order valence-corrected chi connectivity index (χ3v) is 5.98. The molecule has 0 fully saturated rings. The first kappa shape index (κ1) is 19.4. The summed E-state index contributed by atoms with van der Waals surface area (Å²) in [6.45, 7) is 15.5. The number of esters is 1. The van der Waals surface area contributed by atoms with Crippen molar-refractivity contribution in [1.82, 2.24) is 0 Å². The van der Waals surface area contributed by atoms with E-state index in [0.717, 1.165) is 18.4 Å². The molecule has 0 aromatic heterocycles. The molecule has 0 bridgehead atoms. The number of hydrogen-bond donors (Lipinski definition) is 0. The number of carbonyl (C=O) groups excluding carboxylic acids is 1. The summed E-state index contributed by atoms with van der Waals surface area (Å²) in [7, 11) is 0. The van der Waals surface area contributed by atoms with Crippen LogP contribution < -0.4 is 0 Å². The molecule has 0 spiro atoms. The summed E-state index contributed by atoms with van der Waals surface area (Å²) in [5.41, 5.74) is 5.71. The van der Waals surface area contributed by atoms with Gasteiger partial charge in [-0.15, -0.1) is 0 Å². The lowest BCUT2D eigenvalue weighted by molar-refractivity contribution is 0.0692. The first-order valence-corrected chi connectivity index (χ1v) is 9.80. The highest BCUT2D eigenvalue weighted by Crippen LogP contribution is 2.47. The maximum atomic E-state index is 12.5. The van der Waals surface area contributed by atoms with Crippen LogP contribution in [0.4, 0.5) is 0 Å².